The third-order valence-corrected chi connectivity index (χ3v) is 4.08. The number of aliphatic hydroxyl groups excluding tert-OH is 2. The van der Waals surface area contributed by atoms with Crippen LogP contribution in [0.5, 0.6) is 0 Å². The van der Waals surface area contributed by atoms with Crippen molar-refractivity contribution in [3.8, 4) is 0 Å². The Morgan fingerprint density at radius 3 is 2.09 bits per heavy atom. The maximum absolute atomic E-state index is 10.8. The Bertz CT molecular complexity index is 569. The standard InChI is InChI=1S/C20H27NO2/c1-20(2,15-22)21-18(14-13-16-9-5-3-6-10-16)19(23)17-11-7-4-8-12-17/h3-12,18-19,21-23H,13-15H2,1-2H3. The summed E-state index contributed by atoms with van der Waals surface area (Å²) < 4.78 is 0. The summed E-state index contributed by atoms with van der Waals surface area (Å²) in [6.45, 7) is 3.91. The van der Waals surface area contributed by atoms with E-state index in [2.05, 4.69) is 17.4 Å². The van der Waals surface area contributed by atoms with Gasteiger partial charge in [0.1, 0.15) is 0 Å². The van der Waals surface area contributed by atoms with Gasteiger partial charge in [-0.05, 0) is 37.8 Å². The highest BCUT2D eigenvalue weighted by molar-refractivity contribution is 5.20. The lowest BCUT2D eigenvalue weighted by atomic mass is 9.93. The van der Waals surface area contributed by atoms with Crippen LogP contribution in [0, 0.1) is 0 Å². The van der Waals surface area contributed by atoms with Crippen molar-refractivity contribution in [2.75, 3.05) is 6.61 Å². The number of aliphatic hydroxyl groups is 2. The summed E-state index contributed by atoms with van der Waals surface area (Å²) in [5.41, 5.74) is 1.71. The third kappa shape index (κ3) is 5.47. The molecule has 2 rings (SSSR count). The number of hydrogen-bond acceptors (Lipinski definition) is 3. The van der Waals surface area contributed by atoms with Gasteiger partial charge >= 0.3 is 0 Å². The van der Waals surface area contributed by atoms with E-state index in [4.69, 9.17) is 0 Å². The van der Waals surface area contributed by atoms with Gasteiger partial charge in [0, 0.05) is 11.6 Å². The van der Waals surface area contributed by atoms with E-state index in [1.54, 1.807) is 0 Å². The SMILES string of the molecule is CC(C)(CO)NC(CCc1ccccc1)C(O)c1ccccc1. The molecule has 2 aromatic rings. The van der Waals surface area contributed by atoms with Crippen molar-refractivity contribution >= 4 is 0 Å². The van der Waals surface area contributed by atoms with Gasteiger partial charge in [0.05, 0.1) is 12.7 Å². The Hall–Kier alpha value is -1.68. The van der Waals surface area contributed by atoms with Crippen LogP contribution in [-0.2, 0) is 6.42 Å². The zero-order valence-corrected chi connectivity index (χ0v) is 13.9. The predicted molar refractivity (Wildman–Crippen MR) is 94.3 cm³/mol. The molecular weight excluding hydrogens is 286 g/mol. The van der Waals surface area contributed by atoms with Crippen molar-refractivity contribution in [1.82, 2.24) is 5.32 Å². The number of nitrogens with one attached hydrogen (secondary N) is 1. The zero-order valence-electron chi connectivity index (χ0n) is 13.9. The van der Waals surface area contributed by atoms with Crippen LogP contribution in [0.2, 0.25) is 0 Å². The third-order valence-electron chi connectivity index (χ3n) is 4.08. The van der Waals surface area contributed by atoms with Crippen LogP contribution in [0.1, 0.15) is 37.5 Å². The lowest BCUT2D eigenvalue weighted by Crippen LogP contribution is -2.51. The Balaban J connectivity index is 2.11. The van der Waals surface area contributed by atoms with Gasteiger partial charge in [0.15, 0.2) is 0 Å². The summed E-state index contributed by atoms with van der Waals surface area (Å²) in [5, 5.41) is 23.7. The fourth-order valence-electron chi connectivity index (χ4n) is 2.71. The molecule has 0 bridgehead atoms. The molecule has 0 radical (unpaired) electrons. The molecule has 0 aliphatic heterocycles. The van der Waals surface area contributed by atoms with Crippen molar-refractivity contribution in [3.05, 3.63) is 71.8 Å². The van der Waals surface area contributed by atoms with E-state index >= 15 is 0 Å². The predicted octanol–water partition coefficient (Wildman–Crippen LogP) is 3.08. The van der Waals surface area contributed by atoms with Gasteiger partial charge < -0.3 is 15.5 Å². The summed E-state index contributed by atoms with van der Waals surface area (Å²) >= 11 is 0. The van der Waals surface area contributed by atoms with E-state index in [-0.39, 0.29) is 12.6 Å². The first kappa shape index (κ1) is 17.7. The van der Waals surface area contributed by atoms with Gasteiger partial charge in [-0.25, -0.2) is 0 Å². The van der Waals surface area contributed by atoms with Crippen molar-refractivity contribution in [2.45, 2.75) is 44.4 Å². The second-order valence-electron chi connectivity index (χ2n) is 6.67. The first-order chi connectivity index (χ1) is 11.0. The smallest absolute Gasteiger partial charge is 0.0943 e. The van der Waals surface area contributed by atoms with Crippen molar-refractivity contribution in [2.24, 2.45) is 0 Å². The van der Waals surface area contributed by atoms with Gasteiger partial charge in [-0.15, -0.1) is 0 Å². The Labute approximate surface area is 139 Å². The Morgan fingerprint density at radius 2 is 1.52 bits per heavy atom. The van der Waals surface area contributed by atoms with Crippen LogP contribution < -0.4 is 5.32 Å². The highest BCUT2D eigenvalue weighted by Crippen LogP contribution is 2.22. The number of hydrogen-bond donors (Lipinski definition) is 3. The Kier molecular flexibility index (Phi) is 6.34. The van der Waals surface area contributed by atoms with E-state index in [0.717, 1.165) is 18.4 Å². The minimum Gasteiger partial charge on any atom is -0.394 e. The van der Waals surface area contributed by atoms with Crippen molar-refractivity contribution in [3.63, 3.8) is 0 Å². The topological polar surface area (TPSA) is 52.5 Å². The van der Waals surface area contributed by atoms with E-state index in [9.17, 15) is 10.2 Å². The quantitative estimate of drug-likeness (QED) is 0.702. The van der Waals surface area contributed by atoms with Crippen LogP contribution >= 0.6 is 0 Å². The Morgan fingerprint density at radius 1 is 0.957 bits per heavy atom. The maximum atomic E-state index is 10.8. The number of aryl methyl sites for hydroxylation is 1. The highest BCUT2D eigenvalue weighted by Gasteiger charge is 2.27. The van der Waals surface area contributed by atoms with Crippen molar-refractivity contribution in [1.29, 1.82) is 0 Å². The molecule has 3 heteroatoms. The normalized spacial score (nSPS) is 14.4. The molecule has 23 heavy (non-hydrogen) atoms. The molecule has 2 aromatic carbocycles. The van der Waals surface area contributed by atoms with Crippen LogP contribution in [0.25, 0.3) is 0 Å². The second-order valence-corrected chi connectivity index (χ2v) is 6.67. The second kappa shape index (κ2) is 8.25. The van der Waals surface area contributed by atoms with Gasteiger partial charge in [-0.3, -0.25) is 0 Å². The molecular formula is C20H27NO2. The van der Waals surface area contributed by atoms with Crippen LogP contribution in [-0.4, -0.2) is 28.4 Å². The summed E-state index contributed by atoms with van der Waals surface area (Å²) in [7, 11) is 0. The fraction of sp³-hybridized carbons (Fsp3) is 0.400. The molecule has 0 saturated heterocycles. The highest BCUT2D eigenvalue weighted by atomic mass is 16.3. The average Bonchev–Trinajstić information content (AvgIpc) is 2.59. The molecule has 0 heterocycles. The van der Waals surface area contributed by atoms with Gasteiger partial charge in [-0.2, -0.15) is 0 Å². The molecule has 0 aliphatic rings. The summed E-state index contributed by atoms with van der Waals surface area (Å²) in [6, 6.07) is 19.8. The largest absolute Gasteiger partial charge is 0.394 e. The van der Waals surface area contributed by atoms with Crippen LogP contribution in [0.3, 0.4) is 0 Å². The van der Waals surface area contributed by atoms with Crippen LogP contribution in [0.15, 0.2) is 60.7 Å². The van der Waals surface area contributed by atoms with E-state index in [1.807, 2.05) is 62.4 Å². The summed E-state index contributed by atoms with van der Waals surface area (Å²) in [4.78, 5) is 0. The van der Waals surface area contributed by atoms with E-state index in [1.165, 1.54) is 5.56 Å². The number of benzene rings is 2. The average molecular weight is 313 g/mol. The van der Waals surface area contributed by atoms with Crippen LogP contribution in [0.4, 0.5) is 0 Å². The van der Waals surface area contributed by atoms with E-state index in [0.29, 0.717) is 0 Å². The summed E-state index contributed by atoms with van der Waals surface area (Å²) in [6.07, 6.45) is 1.07. The molecule has 2 atom stereocenters. The van der Waals surface area contributed by atoms with Crippen molar-refractivity contribution < 1.29 is 10.2 Å². The molecule has 0 spiro atoms. The fourth-order valence-corrected chi connectivity index (χ4v) is 2.71. The zero-order chi connectivity index (χ0) is 16.7. The van der Waals surface area contributed by atoms with Gasteiger partial charge in [-0.1, -0.05) is 60.7 Å². The molecule has 0 amide bonds. The lowest BCUT2D eigenvalue weighted by molar-refractivity contribution is 0.0878. The molecule has 3 nitrogen and oxygen atoms in total. The molecule has 0 saturated carbocycles. The van der Waals surface area contributed by atoms with E-state index < -0.39 is 11.6 Å². The number of rotatable bonds is 8. The van der Waals surface area contributed by atoms with Gasteiger partial charge in [0.25, 0.3) is 0 Å². The molecule has 0 fully saturated rings. The molecule has 0 aromatic heterocycles. The monoisotopic (exact) mass is 313 g/mol. The minimum absolute atomic E-state index is 0.0242. The molecule has 0 aliphatic carbocycles. The minimum atomic E-state index is -0.606. The molecule has 3 N–H and O–H groups in total. The van der Waals surface area contributed by atoms with Gasteiger partial charge in [0.2, 0.25) is 0 Å². The first-order valence-corrected chi connectivity index (χ1v) is 8.17. The first-order valence-electron chi connectivity index (χ1n) is 8.17. The maximum Gasteiger partial charge on any atom is 0.0943 e. The molecule has 2 unspecified atom stereocenters. The lowest BCUT2D eigenvalue weighted by Gasteiger charge is -2.33. The molecule has 124 valence electrons. The summed E-state index contributed by atoms with van der Waals surface area (Å²) in [5.74, 6) is 0.